The van der Waals surface area contributed by atoms with Crippen LogP contribution in [0.3, 0.4) is 0 Å². The molecule has 0 aliphatic heterocycles. The standard InChI is InChI=1S/C21H11Cl2F3N8O/c22-14-8-11(9-27-19(14)34-28-6-7-29-34)31-20(35)13-10-30-33(18(13)21(24,25)26)16-3-1-2-15-12(16)4-5-17(23)32-15/h1-10H,(H,31,35). The van der Waals surface area contributed by atoms with Crippen molar-refractivity contribution in [2.45, 2.75) is 6.18 Å². The van der Waals surface area contributed by atoms with Gasteiger partial charge in [0.2, 0.25) is 0 Å². The summed E-state index contributed by atoms with van der Waals surface area (Å²) >= 11 is 12.1. The Hall–Kier alpha value is -4.03. The van der Waals surface area contributed by atoms with Gasteiger partial charge < -0.3 is 5.32 Å². The number of nitrogens with zero attached hydrogens (tertiary/aromatic N) is 7. The molecule has 1 amide bonds. The zero-order valence-corrected chi connectivity index (χ0v) is 18.7. The van der Waals surface area contributed by atoms with Crippen LogP contribution < -0.4 is 5.32 Å². The fourth-order valence-corrected chi connectivity index (χ4v) is 3.83. The number of pyridine rings is 2. The third-order valence-electron chi connectivity index (χ3n) is 4.87. The van der Waals surface area contributed by atoms with Crippen LogP contribution in [0.25, 0.3) is 22.4 Å². The van der Waals surface area contributed by atoms with Crippen LogP contribution in [-0.4, -0.2) is 40.6 Å². The van der Waals surface area contributed by atoms with Crippen LogP contribution >= 0.6 is 23.2 Å². The number of alkyl halides is 3. The van der Waals surface area contributed by atoms with Crippen LogP contribution in [0.15, 0.2) is 61.2 Å². The average molecular weight is 519 g/mol. The minimum atomic E-state index is -4.91. The van der Waals surface area contributed by atoms with Crippen molar-refractivity contribution in [1.82, 2.24) is 34.7 Å². The zero-order valence-electron chi connectivity index (χ0n) is 17.2. The van der Waals surface area contributed by atoms with E-state index in [0.717, 1.165) is 11.0 Å². The molecule has 1 aromatic carbocycles. The summed E-state index contributed by atoms with van der Waals surface area (Å²) in [5, 5.41) is 14.7. The Morgan fingerprint density at radius 3 is 2.49 bits per heavy atom. The molecule has 4 heterocycles. The monoisotopic (exact) mass is 518 g/mol. The van der Waals surface area contributed by atoms with Gasteiger partial charge in [-0.3, -0.25) is 4.79 Å². The molecule has 14 heteroatoms. The molecule has 35 heavy (non-hydrogen) atoms. The zero-order chi connectivity index (χ0) is 24.7. The molecule has 5 rings (SSSR count). The normalized spacial score (nSPS) is 11.7. The van der Waals surface area contributed by atoms with E-state index >= 15 is 0 Å². The number of amides is 1. The number of hydrogen-bond donors (Lipinski definition) is 1. The molecular formula is C21H11Cl2F3N8O. The number of carbonyl (C=O) groups excluding carboxylic acids is 1. The second kappa shape index (κ2) is 8.64. The third-order valence-corrected chi connectivity index (χ3v) is 5.36. The molecule has 1 N–H and O–H groups in total. The van der Waals surface area contributed by atoms with E-state index in [1.165, 1.54) is 48.9 Å². The van der Waals surface area contributed by atoms with E-state index in [9.17, 15) is 18.0 Å². The molecule has 0 fully saturated rings. The summed E-state index contributed by atoms with van der Waals surface area (Å²) in [6, 6.07) is 8.87. The Bertz CT molecular complexity index is 1570. The van der Waals surface area contributed by atoms with Gasteiger partial charge in [0, 0.05) is 5.39 Å². The molecule has 9 nitrogen and oxygen atoms in total. The maximum atomic E-state index is 14.1. The van der Waals surface area contributed by atoms with Gasteiger partial charge in [0.15, 0.2) is 11.5 Å². The van der Waals surface area contributed by atoms with Gasteiger partial charge in [-0.05, 0) is 30.3 Å². The van der Waals surface area contributed by atoms with Gasteiger partial charge in [-0.1, -0.05) is 29.3 Å². The molecule has 0 aliphatic carbocycles. The molecule has 0 unspecified atom stereocenters. The maximum absolute atomic E-state index is 14.1. The summed E-state index contributed by atoms with van der Waals surface area (Å²) in [5.74, 6) is -0.865. The lowest BCUT2D eigenvalue weighted by atomic mass is 10.1. The summed E-state index contributed by atoms with van der Waals surface area (Å²) in [6.45, 7) is 0. The molecular weight excluding hydrogens is 508 g/mol. The van der Waals surface area contributed by atoms with Crippen molar-refractivity contribution >= 4 is 45.7 Å². The first-order chi connectivity index (χ1) is 16.7. The van der Waals surface area contributed by atoms with E-state index in [0.29, 0.717) is 15.6 Å². The van der Waals surface area contributed by atoms with E-state index in [1.807, 2.05) is 0 Å². The number of anilines is 1. The molecule has 0 atom stereocenters. The van der Waals surface area contributed by atoms with Crippen molar-refractivity contribution in [1.29, 1.82) is 0 Å². The van der Waals surface area contributed by atoms with Gasteiger partial charge in [0.05, 0.1) is 52.3 Å². The Morgan fingerprint density at radius 1 is 1.00 bits per heavy atom. The number of rotatable bonds is 4. The van der Waals surface area contributed by atoms with Crippen LogP contribution in [0.4, 0.5) is 18.9 Å². The maximum Gasteiger partial charge on any atom is 0.434 e. The second-order valence-electron chi connectivity index (χ2n) is 7.10. The Morgan fingerprint density at radius 2 is 1.77 bits per heavy atom. The number of hydrogen-bond acceptors (Lipinski definition) is 6. The van der Waals surface area contributed by atoms with Crippen molar-refractivity contribution in [3.8, 4) is 11.5 Å². The summed E-state index contributed by atoms with van der Waals surface area (Å²) in [4.78, 5) is 22.2. The van der Waals surface area contributed by atoms with Crippen LogP contribution in [0.5, 0.6) is 0 Å². The van der Waals surface area contributed by atoms with E-state index in [1.54, 1.807) is 6.07 Å². The van der Waals surface area contributed by atoms with Gasteiger partial charge in [0.1, 0.15) is 5.15 Å². The second-order valence-corrected chi connectivity index (χ2v) is 7.89. The SMILES string of the molecule is O=C(Nc1cnc(-n2nccn2)c(Cl)c1)c1cnn(-c2cccc3nc(Cl)ccc23)c1C(F)(F)F. The molecule has 0 radical (unpaired) electrons. The summed E-state index contributed by atoms with van der Waals surface area (Å²) in [7, 11) is 0. The smallest absolute Gasteiger partial charge is 0.320 e. The highest BCUT2D eigenvalue weighted by molar-refractivity contribution is 6.32. The van der Waals surface area contributed by atoms with Crippen LogP contribution in [0.1, 0.15) is 16.1 Å². The van der Waals surface area contributed by atoms with E-state index in [2.05, 4.69) is 30.6 Å². The highest BCUT2D eigenvalue weighted by atomic mass is 35.5. The Kier molecular flexibility index (Phi) is 5.61. The number of benzene rings is 1. The highest BCUT2D eigenvalue weighted by Gasteiger charge is 2.41. The van der Waals surface area contributed by atoms with E-state index in [-0.39, 0.29) is 27.4 Å². The van der Waals surface area contributed by atoms with E-state index in [4.69, 9.17) is 23.2 Å². The van der Waals surface area contributed by atoms with Gasteiger partial charge in [-0.25, -0.2) is 14.6 Å². The average Bonchev–Trinajstić information content (AvgIpc) is 3.49. The Balaban J connectivity index is 1.53. The molecule has 0 spiro atoms. The predicted octanol–water partition coefficient (Wildman–Crippen LogP) is 4.97. The van der Waals surface area contributed by atoms with E-state index < -0.39 is 23.3 Å². The summed E-state index contributed by atoms with van der Waals surface area (Å²) in [6.07, 6.45) is 0.00359. The lowest BCUT2D eigenvalue weighted by Gasteiger charge is -2.14. The van der Waals surface area contributed by atoms with Crippen molar-refractivity contribution in [3.63, 3.8) is 0 Å². The van der Waals surface area contributed by atoms with Gasteiger partial charge in [0.25, 0.3) is 5.91 Å². The molecule has 0 saturated heterocycles. The van der Waals surface area contributed by atoms with Crippen molar-refractivity contribution < 1.29 is 18.0 Å². The first-order valence-electron chi connectivity index (χ1n) is 9.77. The fourth-order valence-electron chi connectivity index (χ4n) is 3.44. The van der Waals surface area contributed by atoms with Crippen molar-refractivity contribution in [2.75, 3.05) is 5.32 Å². The summed E-state index contributed by atoms with van der Waals surface area (Å²) < 4.78 is 43.1. The van der Waals surface area contributed by atoms with Gasteiger partial charge in [-0.2, -0.15) is 28.5 Å². The lowest BCUT2D eigenvalue weighted by Crippen LogP contribution is -2.21. The van der Waals surface area contributed by atoms with Crippen LogP contribution in [-0.2, 0) is 6.18 Å². The van der Waals surface area contributed by atoms with Gasteiger partial charge >= 0.3 is 6.18 Å². The van der Waals surface area contributed by atoms with Crippen LogP contribution in [0.2, 0.25) is 10.2 Å². The number of fused-ring (bicyclic) bond motifs is 1. The highest BCUT2D eigenvalue weighted by Crippen LogP contribution is 2.35. The molecule has 0 aliphatic rings. The number of aromatic nitrogens is 7. The minimum Gasteiger partial charge on any atom is -0.320 e. The largest absolute Gasteiger partial charge is 0.434 e. The fraction of sp³-hybridized carbons (Fsp3) is 0.0476. The number of carbonyl (C=O) groups is 1. The molecule has 0 saturated carbocycles. The third kappa shape index (κ3) is 4.29. The molecule has 176 valence electrons. The Labute approximate surface area is 204 Å². The number of halogens is 5. The van der Waals surface area contributed by atoms with Gasteiger partial charge in [-0.15, -0.1) is 4.80 Å². The first kappa shape index (κ1) is 22.7. The van der Waals surface area contributed by atoms with Crippen LogP contribution in [0, 0.1) is 0 Å². The molecule has 4 aromatic heterocycles. The van der Waals surface area contributed by atoms with Crippen molar-refractivity contribution in [2.24, 2.45) is 0 Å². The quantitative estimate of drug-likeness (QED) is 0.336. The summed E-state index contributed by atoms with van der Waals surface area (Å²) in [5.41, 5.74) is -1.42. The lowest BCUT2D eigenvalue weighted by molar-refractivity contribution is -0.143. The number of nitrogens with one attached hydrogen (secondary N) is 1. The predicted molar refractivity (Wildman–Crippen MR) is 121 cm³/mol. The topological polar surface area (TPSA) is 103 Å². The van der Waals surface area contributed by atoms with Crippen molar-refractivity contribution in [3.05, 3.63) is 82.6 Å². The minimum absolute atomic E-state index is 0.0702. The first-order valence-corrected chi connectivity index (χ1v) is 10.5. The molecule has 0 bridgehead atoms. The molecule has 5 aromatic rings.